The Labute approximate surface area is 119 Å². The molecule has 2 rings (SSSR count). The van der Waals surface area contributed by atoms with Gasteiger partial charge in [0.25, 0.3) is 0 Å². The maximum atomic E-state index is 6.18. The molecular weight excluding hydrogens is 254 g/mol. The van der Waals surface area contributed by atoms with Crippen LogP contribution in [-0.2, 0) is 5.79 Å². The predicted octanol–water partition coefficient (Wildman–Crippen LogP) is 0.170. The highest BCUT2D eigenvalue weighted by Gasteiger charge is 2.27. The summed E-state index contributed by atoms with van der Waals surface area (Å²) in [7, 11) is 4.02. The van der Waals surface area contributed by atoms with Crippen LogP contribution in [0, 0.1) is 0 Å². The number of nitrogens with two attached hydrogens (primary N) is 2. The molecule has 0 saturated heterocycles. The summed E-state index contributed by atoms with van der Waals surface area (Å²) in [5.74, 6) is 0.195. The average Bonchev–Trinajstić information content (AvgIpc) is 2.38. The fourth-order valence-corrected chi connectivity index (χ4v) is 1.83. The van der Waals surface area contributed by atoms with E-state index in [-0.39, 0.29) is 0 Å². The van der Waals surface area contributed by atoms with Gasteiger partial charge in [-0.1, -0.05) is 0 Å². The van der Waals surface area contributed by atoms with Crippen molar-refractivity contribution in [3.8, 4) is 5.75 Å². The van der Waals surface area contributed by atoms with Gasteiger partial charge in [0.15, 0.2) is 0 Å². The number of benzene rings is 1. The molecule has 0 amide bonds. The van der Waals surface area contributed by atoms with Gasteiger partial charge in [-0.15, -0.1) is 0 Å². The van der Waals surface area contributed by atoms with Crippen LogP contribution in [0.15, 0.2) is 41.5 Å². The summed E-state index contributed by atoms with van der Waals surface area (Å²) >= 11 is 0. The van der Waals surface area contributed by atoms with E-state index in [1.54, 1.807) is 12.3 Å². The van der Waals surface area contributed by atoms with Crippen LogP contribution in [0.2, 0.25) is 0 Å². The zero-order valence-corrected chi connectivity index (χ0v) is 11.8. The molecule has 1 aromatic rings. The molecule has 5 N–H and O–H groups in total. The standard InChI is InChI=1S/C14H21N5O/c1-19(2)9-10-20-12-5-3-11(4-6-12)14(16)17-8-7-13(15)18-14/h3-8,17H,9-10,16H2,1-2H3,(H2,15,18). The number of hydrogen-bond acceptors (Lipinski definition) is 6. The van der Waals surface area contributed by atoms with Crippen molar-refractivity contribution in [1.29, 1.82) is 0 Å². The lowest BCUT2D eigenvalue weighted by Gasteiger charge is -2.28. The minimum atomic E-state index is -1.01. The number of nitrogens with one attached hydrogen (secondary N) is 1. The van der Waals surface area contributed by atoms with Gasteiger partial charge in [-0.05, 0) is 44.4 Å². The molecule has 0 radical (unpaired) electrons. The molecule has 0 aliphatic carbocycles. The van der Waals surface area contributed by atoms with Crippen LogP contribution in [0.5, 0.6) is 5.75 Å². The first-order chi connectivity index (χ1) is 9.49. The van der Waals surface area contributed by atoms with Crippen molar-refractivity contribution in [2.45, 2.75) is 5.79 Å². The fourth-order valence-electron chi connectivity index (χ4n) is 1.83. The van der Waals surface area contributed by atoms with Gasteiger partial charge < -0.3 is 20.7 Å². The second-order valence-corrected chi connectivity index (χ2v) is 4.96. The van der Waals surface area contributed by atoms with Crippen molar-refractivity contribution in [1.82, 2.24) is 10.2 Å². The largest absolute Gasteiger partial charge is 0.492 e. The molecule has 1 aromatic carbocycles. The van der Waals surface area contributed by atoms with Crippen LogP contribution in [0.3, 0.4) is 0 Å². The van der Waals surface area contributed by atoms with Gasteiger partial charge >= 0.3 is 0 Å². The SMILES string of the molecule is CN(C)CCOc1ccc(C2(N)N=C(N)C=CN2)cc1. The summed E-state index contributed by atoms with van der Waals surface area (Å²) in [5, 5.41) is 3.00. The second kappa shape index (κ2) is 5.94. The van der Waals surface area contributed by atoms with Gasteiger partial charge in [0, 0.05) is 18.3 Å². The van der Waals surface area contributed by atoms with Crippen LogP contribution in [0.4, 0.5) is 0 Å². The molecule has 1 unspecified atom stereocenters. The van der Waals surface area contributed by atoms with Crippen molar-refractivity contribution in [2.75, 3.05) is 27.2 Å². The highest BCUT2D eigenvalue weighted by molar-refractivity contribution is 5.92. The van der Waals surface area contributed by atoms with Crippen molar-refractivity contribution < 1.29 is 4.74 Å². The maximum absolute atomic E-state index is 6.18. The molecular formula is C14H21N5O. The predicted molar refractivity (Wildman–Crippen MR) is 80.3 cm³/mol. The van der Waals surface area contributed by atoms with Crippen molar-refractivity contribution in [3.05, 3.63) is 42.1 Å². The summed E-state index contributed by atoms with van der Waals surface area (Å²) < 4.78 is 5.64. The third-order valence-electron chi connectivity index (χ3n) is 2.96. The number of amidine groups is 1. The average molecular weight is 275 g/mol. The molecule has 0 bridgehead atoms. The van der Waals surface area contributed by atoms with Crippen LogP contribution < -0.4 is 21.5 Å². The lowest BCUT2D eigenvalue weighted by molar-refractivity contribution is 0.261. The van der Waals surface area contributed by atoms with Gasteiger partial charge in [-0.3, -0.25) is 5.73 Å². The van der Waals surface area contributed by atoms with E-state index in [2.05, 4.69) is 15.2 Å². The molecule has 1 aliphatic rings. The first-order valence-electron chi connectivity index (χ1n) is 6.46. The van der Waals surface area contributed by atoms with E-state index < -0.39 is 5.79 Å². The number of rotatable bonds is 5. The highest BCUT2D eigenvalue weighted by atomic mass is 16.5. The lowest BCUT2D eigenvalue weighted by atomic mass is 10.1. The molecule has 1 aliphatic heterocycles. The lowest BCUT2D eigenvalue weighted by Crippen LogP contribution is -2.49. The topological polar surface area (TPSA) is 88.9 Å². The van der Waals surface area contributed by atoms with Crippen molar-refractivity contribution in [2.24, 2.45) is 16.5 Å². The molecule has 6 heteroatoms. The Balaban J connectivity index is 2.03. The van der Waals surface area contributed by atoms with E-state index in [4.69, 9.17) is 16.2 Å². The number of aliphatic imine (C=N–C) groups is 1. The molecule has 0 saturated carbocycles. The zero-order valence-electron chi connectivity index (χ0n) is 11.8. The summed E-state index contributed by atoms with van der Waals surface area (Å²) in [5.41, 5.74) is 12.7. The first-order valence-corrected chi connectivity index (χ1v) is 6.46. The van der Waals surface area contributed by atoms with E-state index in [1.807, 2.05) is 38.4 Å². The Hall–Kier alpha value is -2.05. The number of hydrogen-bond donors (Lipinski definition) is 3. The number of ether oxygens (including phenoxy) is 1. The molecule has 20 heavy (non-hydrogen) atoms. The van der Waals surface area contributed by atoms with E-state index in [0.29, 0.717) is 12.4 Å². The summed E-state index contributed by atoms with van der Waals surface area (Å²) in [6.07, 6.45) is 3.37. The molecule has 108 valence electrons. The highest BCUT2D eigenvalue weighted by Crippen LogP contribution is 2.22. The van der Waals surface area contributed by atoms with Crippen molar-refractivity contribution >= 4 is 5.84 Å². The Morgan fingerprint density at radius 1 is 1.30 bits per heavy atom. The summed E-state index contributed by atoms with van der Waals surface area (Å²) in [6, 6.07) is 7.53. The summed E-state index contributed by atoms with van der Waals surface area (Å²) in [6.45, 7) is 1.52. The third kappa shape index (κ3) is 3.49. The van der Waals surface area contributed by atoms with Gasteiger partial charge in [-0.2, -0.15) is 0 Å². The number of likely N-dealkylation sites (N-methyl/N-ethyl adjacent to an activating group) is 1. The van der Waals surface area contributed by atoms with Crippen LogP contribution in [0.1, 0.15) is 5.56 Å². The van der Waals surface area contributed by atoms with E-state index in [9.17, 15) is 0 Å². The van der Waals surface area contributed by atoms with Gasteiger partial charge in [0.1, 0.15) is 18.2 Å². The minimum absolute atomic E-state index is 0.401. The van der Waals surface area contributed by atoms with Crippen LogP contribution in [-0.4, -0.2) is 38.0 Å². The Morgan fingerprint density at radius 2 is 2.00 bits per heavy atom. The number of nitrogens with zero attached hydrogens (tertiary/aromatic N) is 2. The minimum Gasteiger partial charge on any atom is -0.492 e. The molecule has 0 spiro atoms. The molecule has 1 heterocycles. The Morgan fingerprint density at radius 3 is 2.60 bits per heavy atom. The van der Waals surface area contributed by atoms with Gasteiger partial charge in [0.05, 0.1) is 0 Å². The molecule has 0 fully saturated rings. The zero-order chi connectivity index (χ0) is 14.6. The second-order valence-electron chi connectivity index (χ2n) is 4.96. The fraction of sp³-hybridized carbons (Fsp3) is 0.357. The van der Waals surface area contributed by atoms with Gasteiger partial charge in [-0.25, -0.2) is 4.99 Å². The monoisotopic (exact) mass is 275 g/mol. The quantitative estimate of drug-likeness (QED) is 0.713. The normalized spacial score (nSPS) is 21.5. The Kier molecular flexibility index (Phi) is 4.26. The van der Waals surface area contributed by atoms with E-state index in [0.717, 1.165) is 17.9 Å². The first kappa shape index (κ1) is 14.4. The van der Waals surface area contributed by atoms with E-state index >= 15 is 0 Å². The van der Waals surface area contributed by atoms with Crippen molar-refractivity contribution in [3.63, 3.8) is 0 Å². The van der Waals surface area contributed by atoms with Gasteiger partial charge in [0.2, 0.25) is 5.79 Å². The Bertz CT molecular complexity index is 509. The molecule has 1 atom stereocenters. The van der Waals surface area contributed by atoms with Crippen LogP contribution >= 0.6 is 0 Å². The summed E-state index contributed by atoms with van der Waals surface area (Å²) in [4.78, 5) is 6.29. The smallest absolute Gasteiger partial charge is 0.211 e. The third-order valence-corrected chi connectivity index (χ3v) is 2.96. The molecule has 0 aromatic heterocycles. The molecule has 6 nitrogen and oxygen atoms in total. The van der Waals surface area contributed by atoms with E-state index in [1.165, 1.54) is 0 Å². The van der Waals surface area contributed by atoms with Crippen LogP contribution in [0.25, 0.3) is 0 Å². The maximum Gasteiger partial charge on any atom is 0.211 e.